The summed E-state index contributed by atoms with van der Waals surface area (Å²) in [6.07, 6.45) is 5.61. The Morgan fingerprint density at radius 2 is 1.96 bits per heavy atom. The molecule has 27 heavy (non-hydrogen) atoms. The van der Waals surface area contributed by atoms with Crippen molar-refractivity contribution in [2.45, 2.75) is 45.2 Å². The minimum Gasteiger partial charge on any atom is -0.497 e. The standard InChI is InChI=1S/C19H28N6O.HI/c1-20-19(22-14-15-7-9-16(26-2)10-8-15)21-12-11-18-24-23-17-6-4-3-5-13-25(17)18;/h7-10H,3-6,11-14H2,1-2H3,(H2,20,21,22);1H. The smallest absolute Gasteiger partial charge is 0.191 e. The van der Waals surface area contributed by atoms with Crippen molar-refractivity contribution in [3.05, 3.63) is 41.5 Å². The lowest BCUT2D eigenvalue weighted by Gasteiger charge is -2.12. The number of aromatic nitrogens is 3. The van der Waals surface area contributed by atoms with E-state index in [0.717, 1.165) is 49.3 Å². The van der Waals surface area contributed by atoms with Crippen molar-refractivity contribution in [3.8, 4) is 5.75 Å². The van der Waals surface area contributed by atoms with Crippen LogP contribution in [0.3, 0.4) is 0 Å². The summed E-state index contributed by atoms with van der Waals surface area (Å²) in [5, 5.41) is 15.4. The van der Waals surface area contributed by atoms with E-state index in [1.54, 1.807) is 14.2 Å². The molecule has 0 saturated heterocycles. The number of halogens is 1. The maximum Gasteiger partial charge on any atom is 0.191 e. The Bertz CT molecular complexity index is 728. The molecule has 7 nitrogen and oxygen atoms in total. The molecule has 2 aromatic rings. The lowest BCUT2D eigenvalue weighted by Crippen LogP contribution is -2.38. The number of nitrogens with zero attached hydrogens (tertiary/aromatic N) is 4. The van der Waals surface area contributed by atoms with Gasteiger partial charge in [-0.25, -0.2) is 0 Å². The minimum absolute atomic E-state index is 0. The molecule has 0 spiro atoms. The van der Waals surface area contributed by atoms with Crippen LogP contribution in [0, 0.1) is 0 Å². The number of hydrogen-bond donors (Lipinski definition) is 2. The van der Waals surface area contributed by atoms with E-state index in [2.05, 4.69) is 30.4 Å². The number of rotatable bonds is 6. The summed E-state index contributed by atoms with van der Waals surface area (Å²) < 4.78 is 7.48. The first-order valence-electron chi connectivity index (χ1n) is 9.28. The summed E-state index contributed by atoms with van der Waals surface area (Å²) in [5.74, 6) is 3.86. The van der Waals surface area contributed by atoms with Crippen molar-refractivity contribution < 1.29 is 4.74 Å². The molecular weight excluding hydrogens is 455 g/mol. The summed E-state index contributed by atoms with van der Waals surface area (Å²) in [7, 11) is 3.46. The molecule has 0 amide bonds. The zero-order chi connectivity index (χ0) is 18.2. The van der Waals surface area contributed by atoms with Gasteiger partial charge in [0.2, 0.25) is 0 Å². The zero-order valence-electron chi connectivity index (χ0n) is 16.1. The lowest BCUT2D eigenvalue weighted by atomic mass is 10.2. The molecule has 0 aliphatic carbocycles. The predicted octanol–water partition coefficient (Wildman–Crippen LogP) is 2.54. The zero-order valence-corrected chi connectivity index (χ0v) is 18.4. The largest absolute Gasteiger partial charge is 0.497 e. The van der Waals surface area contributed by atoms with Crippen LogP contribution >= 0.6 is 24.0 Å². The van der Waals surface area contributed by atoms with E-state index >= 15 is 0 Å². The molecule has 0 bridgehead atoms. The van der Waals surface area contributed by atoms with Gasteiger partial charge in [-0.1, -0.05) is 18.6 Å². The van der Waals surface area contributed by atoms with Crippen LogP contribution < -0.4 is 15.4 Å². The van der Waals surface area contributed by atoms with E-state index < -0.39 is 0 Å². The number of fused-ring (bicyclic) bond motifs is 1. The SMILES string of the molecule is CN=C(NCCc1nnc2n1CCCCC2)NCc1ccc(OC)cc1.I. The number of aliphatic imine (C=N–C) groups is 1. The molecule has 1 aliphatic heterocycles. The maximum absolute atomic E-state index is 5.18. The molecule has 1 aliphatic rings. The summed E-state index contributed by atoms with van der Waals surface area (Å²) in [5.41, 5.74) is 1.18. The predicted molar refractivity (Wildman–Crippen MR) is 118 cm³/mol. The summed E-state index contributed by atoms with van der Waals surface area (Å²) in [6.45, 7) is 2.53. The van der Waals surface area contributed by atoms with Crippen LogP contribution in [0.25, 0.3) is 0 Å². The fraction of sp³-hybridized carbons (Fsp3) is 0.526. The van der Waals surface area contributed by atoms with Gasteiger partial charge < -0.3 is 19.9 Å². The van der Waals surface area contributed by atoms with Gasteiger partial charge in [-0.2, -0.15) is 0 Å². The first-order chi connectivity index (χ1) is 12.8. The van der Waals surface area contributed by atoms with Crippen molar-refractivity contribution >= 4 is 29.9 Å². The van der Waals surface area contributed by atoms with Crippen molar-refractivity contribution in [3.63, 3.8) is 0 Å². The summed E-state index contributed by atoms with van der Waals surface area (Å²) in [6, 6.07) is 8.02. The molecule has 3 rings (SSSR count). The Balaban J connectivity index is 0.00000261. The molecule has 2 N–H and O–H groups in total. The van der Waals surface area contributed by atoms with Gasteiger partial charge in [-0.05, 0) is 30.5 Å². The van der Waals surface area contributed by atoms with Crippen molar-refractivity contribution in [1.29, 1.82) is 0 Å². The molecule has 0 fully saturated rings. The van der Waals surface area contributed by atoms with Gasteiger partial charge >= 0.3 is 0 Å². The highest BCUT2D eigenvalue weighted by molar-refractivity contribution is 14.0. The minimum atomic E-state index is 0. The van der Waals surface area contributed by atoms with Gasteiger partial charge in [-0.15, -0.1) is 34.2 Å². The number of ether oxygens (including phenoxy) is 1. The first-order valence-corrected chi connectivity index (χ1v) is 9.28. The van der Waals surface area contributed by atoms with Gasteiger partial charge in [-0.3, -0.25) is 4.99 Å². The quantitative estimate of drug-likeness (QED) is 0.375. The van der Waals surface area contributed by atoms with Crippen LogP contribution in [0.5, 0.6) is 5.75 Å². The monoisotopic (exact) mass is 484 g/mol. The van der Waals surface area contributed by atoms with Gasteiger partial charge in [0.05, 0.1) is 7.11 Å². The topological polar surface area (TPSA) is 76.4 Å². The van der Waals surface area contributed by atoms with Crippen molar-refractivity contribution in [2.24, 2.45) is 4.99 Å². The second kappa shape index (κ2) is 11.1. The molecule has 0 saturated carbocycles. The average Bonchev–Trinajstić information content (AvgIpc) is 2.91. The van der Waals surface area contributed by atoms with Gasteiger partial charge in [0.1, 0.15) is 17.4 Å². The van der Waals surface area contributed by atoms with Gasteiger partial charge in [0.25, 0.3) is 0 Å². The van der Waals surface area contributed by atoms with E-state index in [1.807, 2.05) is 24.3 Å². The Labute approximate surface area is 178 Å². The first kappa shape index (κ1) is 21.5. The van der Waals surface area contributed by atoms with E-state index in [9.17, 15) is 0 Å². The van der Waals surface area contributed by atoms with E-state index in [-0.39, 0.29) is 24.0 Å². The van der Waals surface area contributed by atoms with E-state index in [4.69, 9.17) is 4.74 Å². The average molecular weight is 484 g/mol. The van der Waals surface area contributed by atoms with Crippen molar-refractivity contribution in [2.75, 3.05) is 20.7 Å². The fourth-order valence-electron chi connectivity index (χ4n) is 3.17. The molecule has 0 atom stereocenters. The van der Waals surface area contributed by atoms with E-state index in [1.165, 1.54) is 24.8 Å². The molecule has 2 heterocycles. The second-order valence-electron chi connectivity index (χ2n) is 6.45. The summed E-state index contributed by atoms with van der Waals surface area (Å²) in [4.78, 5) is 4.29. The molecule has 0 radical (unpaired) electrons. The Kier molecular flexibility index (Phi) is 8.83. The number of benzene rings is 1. The van der Waals surface area contributed by atoms with Crippen LogP contribution in [-0.2, 0) is 25.9 Å². The number of methoxy groups -OCH3 is 1. The van der Waals surface area contributed by atoms with Crippen molar-refractivity contribution in [1.82, 2.24) is 25.4 Å². The highest BCUT2D eigenvalue weighted by Gasteiger charge is 2.14. The van der Waals surface area contributed by atoms with Crippen LogP contribution in [0.15, 0.2) is 29.3 Å². The fourth-order valence-corrected chi connectivity index (χ4v) is 3.17. The Hall–Kier alpha value is -1.84. The van der Waals surface area contributed by atoms with Crippen LogP contribution in [0.2, 0.25) is 0 Å². The number of hydrogen-bond acceptors (Lipinski definition) is 4. The number of guanidine groups is 1. The third-order valence-corrected chi connectivity index (χ3v) is 4.67. The normalized spacial score (nSPS) is 13.9. The molecule has 8 heteroatoms. The molecule has 148 valence electrons. The summed E-state index contributed by atoms with van der Waals surface area (Å²) >= 11 is 0. The highest BCUT2D eigenvalue weighted by Crippen LogP contribution is 2.14. The van der Waals surface area contributed by atoms with Crippen LogP contribution in [0.1, 0.15) is 36.5 Å². The van der Waals surface area contributed by atoms with Crippen LogP contribution in [-0.4, -0.2) is 41.4 Å². The van der Waals surface area contributed by atoms with Crippen LogP contribution in [0.4, 0.5) is 0 Å². The van der Waals surface area contributed by atoms with Gasteiger partial charge in [0.15, 0.2) is 5.96 Å². The van der Waals surface area contributed by atoms with Gasteiger partial charge in [0, 0.05) is 39.5 Å². The molecule has 1 aromatic carbocycles. The number of aryl methyl sites for hydroxylation is 1. The second-order valence-corrected chi connectivity index (χ2v) is 6.45. The Morgan fingerprint density at radius 3 is 2.70 bits per heavy atom. The van der Waals surface area contributed by atoms with E-state index in [0.29, 0.717) is 6.54 Å². The highest BCUT2D eigenvalue weighted by atomic mass is 127. The molecule has 0 unspecified atom stereocenters. The third-order valence-electron chi connectivity index (χ3n) is 4.67. The molecular formula is C19H29IN6O. The third kappa shape index (κ3) is 6.08. The maximum atomic E-state index is 5.18. The Morgan fingerprint density at radius 1 is 1.15 bits per heavy atom. The lowest BCUT2D eigenvalue weighted by molar-refractivity contribution is 0.414. The number of nitrogens with one attached hydrogen (secondary N) is 2. The molecule has 1 aromatic heterocycles.